The zero-order chi connectivity index (χ0) is 35.5. The number of nitriles is 1. The maximum absolute atomic E-state index is 9.68. The summed E-state index contributed by atoms with van der Waals surface area (Å²) in [5.41, 5.74) is 11.1. The van der Waals surface area contributed by atoms with Crippen LogP contribution in [0.1, 0.15) is 27.8 Å². The molecule has 0 saturated heterocycles. The third-order valence-electron chi connectivity index (χ3n) is 11.4. The predicted molar refractivity (Wildman–Crippen MR) is 211 cm³/mol. The first kappa shape index (κ1) is 29.1. The van der Waals surface area contributed by atoms with Crippen LogP contribution in [0.4, 0.5) is 0 Å². The van der Waals surface area contributed by atoms with Gasteiger partial charge >= 0.3 is 0 Å². The molecule has 7 nitrogen and oxygen atoms in total. The van der Waals surface area contributed by atoms with Crippen molar-refractivity contribution in [2.24, 2.45) is 0 Å². The maximum Gasteiger partial charge on any atom is 0.138 e. The van der Waals surface area contributed by atoms with E-state index in [4.69, 9.17) is 19.7 Å². The van der Waals surface area contributed by atoms with Gasteiger partial charge in [-0.25, -0.2) is 4.98 Å². The second-order valence-electron chi connectivity index (χ2n) is 13.9. The average molecular weight is 691 g/mol. The van der Waals surface area contributed by atoms with Crippen LogP contribution in [-0.2, 0) is 5.41 Å². The Bertz CT molecular complexity index is 3250. The van der Waals surface area contributed by atoms with E-state index in [1.807, 2.05) is 73.2 Å². The van der Waals surface area contributed by atoms with Gasteiger partial charge in [0, 0.05) is 50.8 Å². The molecule has 0 radical (unpaired) electrons. The van der Waals surface area contributed by atoms with Crippen LogP contribution < -0.4 is 4.74 Å². The van der Waals surface area contributed by atoms with Gasteiger partial charge in [-0.15, -0.1) is 0 Å². The summed E-state index contributed by atoms with van der Waals surface area (Å²) in [4.78, 5) is 14.9. The lowest BCUT2D eigenvalue weighted by atomic mass is 9.66. The summed E-state index contributed by atoms with van der Waals surface area (Å²) in [5.74, 6) is 2.44. The molecule has 0 bridgehead atoms. The van der Waals surface area contributed by atoms with E-state index in [0.717, 1.165) is 100 Å². The summed E-state index contributed by atoms with van der Waals surface area (Å²) in [5, 5.41) is 14.0. The molecule has 10 aromatic rings. The SMILES string of the molecule is N#Cc1ccc2c(c1)c1ccccc1n2-c1cc2c3ccccc3n(-c3ccc4c(c3)C3(c5ccccc5O4)c4cccnc4-c4ncccc43)c2cn1. The molecule has 54 heavy (non-hydrogen) atoms. The topological polar surface area (TPSA) is 81.5 Å². The number of rotatable bonds is 2. The molecule has 1 spiro atoms. The summed E-state index contributed by atoms with van der Waals surface area (Å²) < 4.78 is 11.2. The quantitative estimate of drug-likeness (QED) is 0.180. The molecule has 7 heteroatoms. The van der Waals surface area contributed by atoms with Crippen molar-refractivity contribution in [1.82, 2.24) is 24.1 Å². The van der Waals surface area contributed by atoms with E-state index in [9.17, 15) is 5.26 Å². The number of ether oxygens (including phenoxy) is 1. The number of aromatic nitrogens is 5. The molecule has 5 aromatic carbocycles. The van der Waals surface area contributed by atoms with Gasteiger partial charge in [-0.3, -0.25) is 14.5 Å². The van der Waals surface area contributed by atoms with Gasteiger partial charge in [-0.1, -0.05) is 66.7 Å². The molecule has 0 atom stereocenters. The van der Waals surface area contributed by atoms with Crippen molar-refractivity contribution in [2.75, 3.05) is 0 Å². The minimum Gasteiger partial charge on any atom is -0.457 e. The summed E-state index contributed by atoms with van der Waals surface area (Å²) in [6.45, 7) is 0. The largest absolute Gasteiger partial charge is 0.457 e. The van der Waals surface area contributed by atoms with Crippen molar-refractivity contribution >= 4 is 43.6 Å². The predicted octanol–water partition coefficient (Wildman–Crippen LogP) is 10.4. The van der Waals surface area contributed by atoms with Gasteiger partial charge in [0.05, 0.1) is 56.7 Å². The number of pyridine rings is 3. The van der Waals surface area contributed by atoms with Crippen LogP contribution in [0.25, 0.3) is 66.5 Å². The van der Waals surface area contributed by atoms with Gasteiger partial charge in [0.1, 0.15) is 17.3 Å². The highest BCUT2D eigenvalue weighted by molar-refractivity contribution is 6.12. The maximum atomic E-state index is 9.68. The number of benzene rings is 5. The average Bonchev–Trinajstić information content (AvgIpc) is 3.85. The van der Waals surface area contributed by atoms with Crippen molar-refractivity contribution in [3.63, 3.8) is 0 Å². The summed E-state index contributed by atoms with van der Waals surface area (Å²) >= 11 is 0. The van der Waals surface area contributed by atoms with E-state index in [1.165, 1.54) is 0 Å². The molecule has 0 N–H and O–H groups in total. The molecule has 0 amide bonds. The molecular weight excluding hydrogens is 665 g/mol. The summed E-state index contributed by atoms with van der Waals surface area (Å²) in [6.07, 6.45) is 5.69. The second kappa shape index (κ2) is 10.5. The monoisotopic (exact) mass is 690 g/mol. The van der Waals surface area contributed by atoms with Gasteiger partial charge in [0.2, 0.25) is 0 Å². The molecule has 0 unspecified atom stereocenters. The van der Waals surface area contributed by atoms with Crippen LogP contribution >= 0.6 is 0 Å². The lowest BCUT2D eigenvalue weighted by Gasteiger charge is -2.39. The number of fused-ring (bicyclic) bond motifs is 15. The number of hydrogen-bond acceptors (Lipinski definition) is 5. The van der Waals surface area contributed by atoms with Crippen molar-refractivity contribution in [3.8, 4) is 40.5 Å². The Balaban J connectivity index is 1.12. The lowest BCUT2D eigenvalue weighted by Crippen LogP contribution is -2.32. The van der Waals surface area contributed by atoms with Crippen molar-refractivity contribution in [2.45, 2.75) is 5.41 Å². The number of para-hydroxylation sites is 3. The van der Waals surface area contributed by atoms with Crippen LogP contribution in [0.5, 0.6) is 11.5 Å². The van der Waals surface area contributed by atoms with E-state index in [-0.39, 0.29) is 0 Å². The van der Waals surface area contributed by atoms with Gasteiger partial charge < -0.3 is 9.30 Å². The minimum absolute atomic E-state index is 0.634. The summed E-state index contributed by atoms with van der Waals surface area (Å²) in [6, 6.07) is 50.5. The third-order valence-corrected chi connectivity index (χ3v) is 11.4. The highest BCUT2D eigenvalue weighted by Crippen LogP contribution is 2.61. The molecular formula is C47H26N6O. The van der Waals surface area contributed by atoms with Crippen LogP contribution in [0.3, 0.4) is 0 Å². The van der Waals surface area contributed by atoms with Crippen molar-refractivity contribution in [3.05, 3.63) is 186 Å². The van der Waals surface area contributed by atoms with E-state index >= 15 is 0 Å². The van der Waals surface area contributed by atoms with E-state index in [0.29, 0.717) is 5.56 Å². The lowest BCUT2D eigenvalue weighted by molar-refractivity contribution is 0.436. The van der Waals surface area contributed by atoms with Gasteiger partial charge in [0.25, 0.3) is 0 Å². The Labute approximate surface area is 308 Å². The fourth-order valence-electron chi connectivity index (χ4n) is 9.23. The van der Waals surface area contributed by atoms with Crippen molar-refractivity contribution < 1.29 is 4.74 Å². The standard InChI is InChI=1S/C47H26N6O/c48-26-28-17-19-40-32(23-28)30-9-2-5-15-39(30)53(40)44-25-33-31-10-1-4-14-38(31)52(41(33)27-51-44)29-18-20-43-37(24-29)47(34-11-3-6-16-42(34)54-43)35-12-7-21-49-45(35)46-36(47)13-8-22-50-46/h1-25,27H. The second-order valence-corrected chi connectivity index (χ2v) is 13.9. The normalized spacial score (nSPS) is 13.5. The van der Waals surface area contributed by atoms with Crippen LogP contribution in [0.2, 0.25) is 0 Å². The third kappa shape index (κ3) is 3.61. The van der Waals surface area contributed by atoms with Crippen molar-refractivity contribution in [1.29, 1.82) is 5.26 Å². The minimum atomic E-state index is -0.681. The first-order valence-electron chi connectivity index (χ1n) is 17.9. The summed E-state index contributed by atoms with van der Waals surface area (Å²) in [7, 11) is 0. The fraction of sp³-hybridized carbons (Fsp3) is 0.0213. The Morgan fingerprint density at radius 3 is 1.89 bits per heavy atom. The first-order chi connectivity index (χ1) is 26.7. The van der Waals surface area contributed by atoms with E-state index in [2.05, 4.69) is 100 Å². The number of nitrogens with zero attached hydrogens (tertiary/aromatic N) is 6. The Kier molecular flexibility index (Phi) is 5.65. The highest BCUT2D eigenvalue weighted by Gasteiger charge is 2.52. The molecule has 6 heterocycles. The molecule has 0 fully saturated rings. The fourth-order valence-corrected chi connectivity index (χ4v) is 9.23. The molecule has 2 aliphatic rings. The van der Waals surface area contributed by atoms with Gasteiger partial charge in [-0.2, -0.15) is 5.26 Å². The van der Waals surface area contributed by atoms with Crippen LogP contribution in [0.15, 0.2) is 158 Å². The Morgan fingerprint density at radius 1 is 0.500 bits per heavy atom. The number of hydrogen-bond donors (Lipinski definition) is 0. The molecule has 1 aliphatic heterocycles. The highest BCUT2D eigenvalue weighted by atomic mass is 16.5. The van der Waals surface area contributed by atoms with Gasteiger partial charge in [0.15, 0.2) is 0 Å². The Hall–Kier alpha value is -7.56. The molecule has 0 saturated carbocycles. The molecule has 12 rings (SSSR count). The van der Waals surface area contributed by atoms with Crippen LogP contribution in [-0.4, -0.2) is 24.1 Å². The van der Waals surface area contributed by atoms with Gasteiger partial charge in [-0.05, 0) is 83.9 Å². The molecule has 5 aromatic heterocycles. The van der Waals surface area contributed by atoms with Crippen LogP contribution in [0, 0.1) is 11.3 Å². The first-order valence-corrected chi connectivity index (χ1v) is 17.9. The Morgan fingerprint density at radius 2 is 1.13 bits per heavy atom. The van der Waals surface area contributed by atoms with E-state index < -0.39 is 5.41 Å². The smallest absolute Gasteiger partial charge is 0.138 e. The van der Waals surface area contributed by atoms with E-state index in [1.54, 1.807) is 0 Å². The zero-order valence-corrected chi connectivity index (χ0v) is 28.6. The molecule has 250 valence electrons. The zero-order valence-electron chi connectivity index (χ0n) is 28.6. The molecule has 1 aliphatic carbocycles.